The summed E-state index contributed by atoms with van der Waals surface area (Å²) in [6.45, 7) is 4.06. The van der Waals surface area contributed by atoms with Gasteiger partial charge in [-0.2, -0.15) is 0 Å². The van der Waals surface area contributed by atoms with Crippen LogP contribution in [0.25, 0.3) is 22.6 Å². The number of ether oxygens (including phenoxy) is 2. The minimum Gasteiger partial charge on any atom is -0.493 e. The number of aryl methyl sites for hydroxylation is 2. The molecule has 0 fully saturated rings. The molecule has 0 atom stereocenters. The first kappa shape index (κ1) is 24.1. The predicted molar refractivity (Wildman–Crippen MR) is 135 cm³/mol. The van der Waals surface area contributed by atoms with E-state index in [4.69, 9.17) is 24.0 Å². The van der Waals surface area contributed by atoms with Crippen LogP contribution in [0.2, 0.25) is 0 Å². The number of oxazole rings is 1. The second-order valence-corrected chi connectivity index (χ2v) is 8.27. The second kappa shape index (κ2) is 11.4. The van der Waals surface area contributed by atoms with Gasteiger partial charge in [0.2, 0.25) is 5.89 Å². The number of carboxylic acid groups (broad SMARTS) is 1. The van der Waals surface area contributed by atoms with Crippen LogP contribution in [0, 0.1) is 6.92 Å². The summed E-state index contributed by atoms with van der Waals surface area (Å²) in [7, 11) is 0. The summed E-state index contributed by atoms with van der Waals surface area (Å²) >= 11 is 0. The van der Waals surface area contributed by atoms with Crippen LogP contribution in [-0.4, -0.2) is 29.3 Å². The van der Waals surface area contributed by atoms with Crippen LogP contribution in [-0.2, 0) is 17.6 Å². The largest absolute Gasteiger partial charge is 0.493 e. The third-order valence-corrected chi connectivity index (χ3v) is 5.64. The molecule has 0 bridgehead atoms. The van der Waals surface area contributed by atoms with E-state index in [0.29, 0.717) is 30.4 Å². The van der Waals surface area contributed by atoms with E-state index < -0.39 is 5.97 Å². The van der Waals surface area contributed by atoms with Gasteiger partial charge < -0.3 is 19.0 Å². The Bertz CT molecular complexity index is 1260. The molecule has 0 spiro atoms. The highest BCUT2D eigenvalue weighted by Crippen LogP contribution is 2.28. The highest BCUT2D eigenvalue weighted by atomic mass is 16.5. The Morgan fingerprint density at radius 3 is 2.34 bits per heavy atom. The van der Waals surface area contributed by atoms with E-state index in [-0.39, 0.29) is 6.61 Å². The molecule has 0 radical (unpaired) electrons. The molecule has 1 aromatic heterocycles. The topological polar surface area (TPSA) is 81.8 Å². The Hall–Kier alpha value is -4.06. The number of carbonyl (C=O) groups is 1. The number of aliphatic carboxylic acids is 1. The van der Waals surface area contributed by atoms with Crippen molar-refractivity contribution in [3.8, 4) is 34.1 Å². The molecule has 0 saturated carbocycles. The Morgan fingerprint density at radius 2 is 1.63 bits per heavy atom. The summed E-state index contributed by atoms with van der Waals surface area (Å²) in [6.07, 6.45) is 2.30. The van der Waals surface area contributed by atoms with Gasteiger partial charge in [0.05, 0.1) is 12.3 Å². The Kier molecular flexibility index (Phi) is 7.83. The molecule has 1 N–H and O–H groups in total. The van der Waals surface area contributed by atoms with Crippen LogP contribution in [0.3, 0.4) is 0 Å². The highest BCUT2D eigenvalue weighted by molar-refractivity contribution is 5.68. The zero-order valence-electron chi connectivity index (χ0n) is 20.0. The third kappa shape index (κ3) is 6.29. The van der Waals surface area contributed by atoms with Gasteiger partial charge in [0, 0.05) is 12.0 Å². The van der Waals surface area contributed by atoms with Crippen LogP contribution in [0.4, 0.5) is 0 Å². The average molecular weight is 472 g/mol. The number of benzene rings is 3. The lowest BCUT2D eigenvalue weighted by molar-refractivity contribution is -0.139. The molecule has 6 heteroatoms. The summed E-state index contributed by atoms with van der Waals surface area (Å²) in [4.78, 5) is 15.5. The zero-order chi connectivity index (χ0) is 24.6. The van der Waals surface area contributed by atoms with Crippen molar-refractivity contribution in [3.05, 3.63) is 89.8 Å². The molecule has 0 aliphatic carbocycles. The number of rotatable bonds is 11. The van der Waals surface area contributed by atoms with E-state index in [2.05, 4.69) is 31.2 Å². The van der Waals surface area contributed by atoms with Crippen LogP contribution >= 0.6 is 0 Å². The number of hydrogen-bond acceptors (Lipinski definition) is 5. The second-order valence-electron chi connectivity index (χ2n) is 8.27. The molecule has 3 aromatic carbocycles. The van der Waals surface area contributed by atoms with E-state index in [1.54, 1.807) is 12.1 Å². The quantitative estimate of drug-likeness (QED) is 0.274. The monoisotopic (exact) mass is 471 g/mol. The minimum atomic E-state index is -0.998. The number of hydrogen-bond donors (Lipinski definition) is 1. The number of carboxylic acids is 1. The first-order valence-electron chi connectivity index (χ1n) is 11.8. The molecule has 1 heterocycles. The summed E-state index contributed by atoms with van der Waals surface area (Å²) < 4.78 is 17.3. The van der Waals surface area contributed by atoms with Gasteiger partial charge in [-0.15, -0.1) is 0 Å². The standard InChI is InChI=1S/C29H29NO5/c1-3-7-24-18-25(14-15-27(24)34-19-28(31)32)33-17-16-26-20(2)35-29(30-26)23-12-10-22(11-13-23)21-8-5-4-6-9-21/h4-6,8-15,18H,3,7,16-17,19H2,1-2H3,(H,31,32). The molecule has 4 aromatic rings. The molecule has 4 rings (SSSR count). The molecule has 0 unspecified atom stereocenters. The molecular weight excluding hydrogens is 442 g/mol. The SMILES string of the molecule is CCCc1cc(OCCc2nc(-c3ccc(-c4ccccc4)cc3)oc2C)ccc1OCC(=O)O. The third-order valence-electron chi connectivity index (χ3n) is 5.64. The van der Waals surface area contributed by atoms with Crippen molar-refractivity contribution in [1.82, 2.24) is 4.98 Å². The first-order chi connectivity index (χ1) is 17.0. The van der Waals surface area contributed by atoms with E-state index in [9.17, 15) is 4.79 Å². The number of nitrogens with zero attached hydrogens (tertiary/aromatic N) is 1. The van der Waals surface area contributed by atoms with Crippen molar-refractivity contribution >= 4 is 5.97 Å². The van der Waals surface area contributed by atoms with Crippen molar-refractivity contribution < 1.29 is 23.8 Å². The van der Waals surface area contributed by atoms with E-state index in [1.165, 1.54) is 5.56 Å². The first-order valence-corrected chi connectivity index (χ1v) is 11.8. The van der Waals surface area contributed by atoms with Crippen LogP contribution in [0.15, 0.2) is 77.2 Å². The maximum atomic E-state index is 10.8. The Morgan fingerprint density at radius 1 is 0.914 bits per heavy atom. The molecule has 6 nitrogen and oxygen atoms in total. The molecule has 0 amide bonds. The molecule has 0 aliphatic rings. The van der Waals surface area contributed by atoms with Crippen molar-refractivity contribution in [2.75, 3.05) is 13.2 Å². The van der Waals surface area contributed by atoms with Gasteiger partial charge in [-0.05, 0) is 60.4 Å². The normalized spacial score (nSPS) is 10.8. The smallest absolute Gasteiger partial charge is 0.341 e. The Balaban J connectivity index is 1.38. The van der Waals surface area contributed by atoms with Gasteiger partial charge in [0.1, 0.15) is 17.3 Å². The molecule has 180 valence electrons. The molecule has 0 aliphatic heterocycles. The van der Waals surface area contributed by atoms with E-state index in [0.717, 1.165) is 41.0 Å². The molecular formula is C29H29NO5. The Labute approximate surface area is 205 Å². The van der Waals surface area contributed by atoms with Crippen molar-refractivity contribution in [2.24, 2.45) is 0 Å². The summed E-state index contributed by atoms with van der Waals surface area (Å²) in [5.41, 5.74) is 5.05. The molecule has 35 heavy (non-hydrogen) atoms. The van der Waals surface area contributed by atoms with Gasteiger partial charge in [0.15, 0.2) is 6.61 Å². The van der Waals surface area contributed by atoms with E-state index in [1.807, 2.05) is 43.3 Å². The molecule has 0 saturated heterocycles. The van der Waals surface area contributed by atoms with Gasteiger partial charge in [-0.3, -0.25) is 0 Å². The van der Waals surface area contributed by atoms with Crippen LogP contribution in [0.1, 0.15) is 30.4 Å². The zero-order valence-corrected chi connectivity index (χ0v) is 20.0. The lowest BCUT2D eigenvalue weighted by atomic mass is 10.0. The van der Waals surface area contributed by atoms with Gasteiger partial charge >= 0.3 is 5.97 Å². The van der Waals surface area contributed by atoms with Gasteiger partial charge in [-0.25, -0.2) is 9.78 Å². The van der Waals surface area contributed by atoms with Crippen LogP contribution in [0.5, 0.6) is 11.5 Å². The van der Waals surface area contributed by atoms with Gasteiger partial charge in [-0.1, -0.05) is 55.8 Å². The summed E-state index contributed by atoms with van der Waals surface area (Å²) in [5, 5.41) is 8.87. The fraction of sp³-hybridized carbons (Fsp3) is 0.241. The summed E-state index contributed by atoms with van der Waals surface area (Å²) in [6, 6.07) is 23.9. The fourth-order valence-electron chi connectivity index (χ4n) is 3.88. The van der Waals surface area contributed by atoms with Crippen LogP contribution < -0.4 is 9.47 Å². The van der Waals surface area contributed by atoms with Gasteiger partial charge in [0.25, 0.3) is 0 Å². The maximum Gasteiger partial charge on any atom is 0.341 e. The average Bonchev–Trinajstić information content (AvgIpc) is 3.24. The summed E-state index contributed by atoms with van der Waals surface area (Å²) in [5.74, 6) is 1.68. The predicted octanol–water partition coefficient (Wildman–Crippen LogP) is 6.35. The lowest BCUT2D eigenvalue weighted by Gasteiger charge is -2.12. The maximum absolute atomic E-state index is 10.8. The lowest BCUT2D eigenvalue weighted by Crippen LogP contribution is -2.10. The van der Waals surface area contributed by atoms with E-state index >= 15 is 0 Å². The number of aromatic nitrogens is 1. The fourth-order valence-corrected chi connectivity index (χ4v) is 3.88. The van der Waals surface area contributed by atoms with Crippen molar-refractivity contribution in [3.63, 3.8) is 0 Å². The minimum absolute atomic E-state index is 0.361. The van der Waals surface area contributed by atoms with Crippen molar-refractivity contribution in [2.45, 2.75) is 33.1 Å². The highest BCUT2D eigenvalue weighted by Gasteiger charge is 2.13. The van der Waals surface area contributed by atoms with Crippen molar-refractivity contribution in [1.29, 1.82) is 0 Å².